The number of aryl methyl sites for hydroxylation is 1. The fourth-order valence-corrected chi connectivity index (χ4v) is 6.53. The maximum absolute atomic E-state index is 12.8. The number of anilines is 2. The first kappa shape index (κ1) is 22.0. The number of sulfone groups is 1. The van der Waals surface area contributed by atoms with Gasteiger partial charge < -0.3 is 10.2 Å². The second kappa shape index (κ2) is 9.90. The summed E-state index contributed by atoms with van der Waals surface area (Å²) >= 11 is 2.75. The summed E-state index contributed by atoms with van der Waals surface area (Å²) in [6.07, 6.45) is 2.36. The van der Waals surface area contributed by atoms with Crippen LogP contribution in [0, 0.1) is 6.92 Å². The molecule has 7 nitrogen and oxygen atoms in total. The van der Waals surface area contributed by atoms with Gasteiger partial charge in [0, 0.05) is 18.3 Å². The summed E-state index contributed by atoms with van der Waals surface area (Å²) in [5.41, 5.74) is 2.12. The molecule has 1 aromatic carbocycles. The van der Waals surface area contributed by atoms with Gasteiger partial charge in [0.05, 0.1) is 17.3 Å². The summed E-state index contributed by atoms with van der Waals surface area (Å²) in [6, 6.07) is 7.80. The molecule has 158 valence electrons. The minimum absolute atomic E-state index is 0.0335. The van der Waals surface area contributed by atoms with Crippen molar-refractivity contribution >= 4 is 49.7 Å². The number of thioether (sulfide) groups is 1. The molecular formula is C19H26N4O3S3. The van der Waals surface area contributed by atoms with Crippen LogP contribution in [0.5, 0.6) is 0 Å². The number of carbonyl (C=O) groups excluding carboxylic acids is 1. The molecule has 1 saturated heterocycles. The van der Waals surface area contributed by atoms with Crippen LogP contribution in [0.4, 0.5) is 10.8 Å². The fourth-order valence-electron chi connectivity index (χ4n) is 3.15. The Morgan fingerprint density at radius 3 is 2.72 bits per heavy atom. The molecule has 0 saturated carbocycles. The molecule has 10 heteroatoms. The average Bonchev–Trinajstić information content (AvgIpc) is 3.28. The van der Waals surface area contributed by atoms with Crippen LogP contribution >= 0.6 is 23.1 Å². The summed E-state index contributed by atoms with van der Waals surface area (Å²) in [5.74, 6) is 0.454. The SMILES string of the molecule is CCCCN(C(=O)CSc1nnc(Nc2ccc(C)cc2)s1)C1CCS(=O)(=O)C1. The van der Waals surface area contributed by atoms with Gasteiger partial charge in [-0.25, -0.2) is 8.42 Å². The van der Waals surface area contributed by atoms with E-state index in [1.807, 2.05) is 31.2 Å². The highest BCUT2D eigenvalue weighted by molar-refractivity contribution is 8.01. The molecule has 1 amide bonds. The predicted octanol–water partition coefficient (Wildman–Crippen LogP) is 3.50. The van der Waals surface area contributed by atoms with Crippen LogP contribution in [-0.4, -0.2) is 59.3 Å². The highest BCUT2D eigenvalue weighted by atomic mass is 32.2. The molecular weight excluding hydrogens is 428 g/mol. The molecule has 3 rings (SSSR count). The Bertz CT molecular complexity index is 928. The second-order valence-corrected chi connectivity index (χ2v) is 11.6. The third-order valence-corrected chi connectivity index (χ3v) is 8.46. The van der Waals surface area contributed by atoms with E-state index < -0.39 is 9.84 Å². The summed E-state index contributed by atoms with van der Waals surface area (Å²) in [5, 5.41) is 12.2. The van der Waals surface area contributed by atoms with Crippen molar-refractivity contribution in [3.05, 3.63) is 29.8 Å². The number of nitrogens with zero attached hydrogens (tertiary/aromatic N) is 3. The van der Waals surface area contributed by atoms with E-state index in [4.69, 9.17) is 0 Å². The fraction of sp³-hybridized carbons (Fsp3) is 0.526. The zero-order chi connectivity index (χ0) is 20.9. The van der Waals surface area contributed by atoms with Gasteiger partial charge in [-0.15, -0.1) is 10.2 Å². The van der Waals surface area contributed by atoms with E-state index in [0.29, 0.717) is 22.4 Å². The van der Waals surface area contributed by atoms with Crippen molar-refractivity contribution in [3.8, 4) is 0 Å². The molecule has 0 aliphatic carbocycles. The summed E-state index contributed by atoms with van der Waals surface area (Å²) < 4.78 is 24.4. The smallest absolute Gasteiger partial charge is 0.233 e. The molecule has 29 heavy (non-hydrogen) atoms. The van der Waals surface area contributed by atoms with Crippen LogP contribution in [0.3, 0.4) is 0 Å². The largest absolute Gasteiger partial charge is 0.338 e. The Hall–Kier alpha value is -1.65. The lowest BCUT2D eigenvalue weighted by Gasteiger charge is -2.28. The molecule has 0 radical (unpaired) electrons. The first-order valence-corrected chi connectivity index (χ1v) is 13.3. The number of hydrogen-bond acceptors (Lipinski definition) is 8. The first-order chi connectivity index (χ1) is 13.9. The van der Waals surface area contributed by atoms with Crippen LogP contribution < -0.4 is 5.32 Å². The predicted molar refractivity (Wildman–Crippen MR) is 119 cm³/mol. The number of nitrogens with one attached hydrogen (secondary N) is 1. The Balaban J connectivity index is 1.56. The molecule has 0 bridgehead atoms. The molecule has 2 heterocycles. The Morgan fingerprint density at radius 2 is 2.07 bits per heavy atom. The first-order valence-electron chi connectivity index (χ1n) is 9.66. The van der Waals surface area contributed by atoms with E-state index in [1.54, 1.807) is 4.90 Å². The van der Waals surface area contributed by atoms with E-state index in [9.17, 15) is 13.2 Å². The molecule has 1 aliphatic rings. The average molecular weight is 455 g/mol. The van der Waals surface area contributed by atoms with E-state index >= 15 is 0 Å². The summed E-state index contributed by atoms with van der Waals surface area (Å²) in [4.78, 5) is 14.6. The number of benzene rings is 1. The van der Waals surface area contributed by atoms with Crippen molar-refractivity contribution in [2.75, 3.05) is 29.1 Å². The Labute approximate surface area is 180 Å². The van der Waals surface area contributed by atoms with E-state index in [0.717, 1.165) is 18.5 Å². The van der Waals surface area contributed by atoms with Crippen molar-refractivity contribution in [3.63, 3.8) is 0 Å². The zero-order valence-corrected chi connectivity index (χ0v) is 19.1. The lowest BCUT2D eigenvalue weighted by Crippen LogP contribution is -2.42. The topological polar surface area (TPSA) is 92.3 Å². The highest BCUT2D eigenvalue weighted by Crippen LogP contribution is 2.28. The number of unbranched alkanes of at least 4 members (excludes halogenated alkanes) is 1. The molecule has 0 spiro atoms. The zero-order valence-electron chi connectivity index (χ0n) is 16.6. The minimum Gasteiger partial charge on any atom is -0.338 e. The summed E-state index contributed by atoms with van der Waals surface area (Å²) in [6.45, 7) is 4.70. The standard InChI is InChI=1S/C19H26N4O3S3/c1-3-4-10-23(16-9-11-29(25,26)13-16)17(24)12-27-19-22-21-18(28-19)20-15-7-5-14(2)6-8-15/h5-8,16H,3-4,9-13H2,1-2H3,(H,20,21). The van der Waals surface area contributed by atoms with Crippen LogP contribution in [0.1, 0.15) is 31.7 Å². The van der Waals surface area contributed by atoms with Gasteiger partial charge in [0.15, 0.2) is 14.2 Å². The lowest BCUT2D eigenvalue weighted by molar-refractivity contribution is -0.130. The van der Waals surface area contributed by atoms with Gasteiger partial charge in [0.1, 0.15) is 0 Å². The third kappa shape index (κ3) is 6.42. The second-order valence-electron chi connectivity index (χ2n) is 7.15. The van der Waals surface area contributed by atoms with Gasteiger partial charge in [0.2, 0.25) is 11.0 Å². The van der Waals surface area contributed by atoms with Crippen molar-refractivity contribution in [2.24, 2.45) is 0 Å². The van der Waals surface area contributed by atoms with Crippen molar-refractivity contribution in [1.82, 2.24) is 15.1 Å². The molecule has 1 aromatic heterocycles. The minimum atomic E-state index is -3.02. The number of carbonyl (C=O) groups is 1. The van der Waals surface area contributed by atoms with E-state index in [-0.39, 0.29) is 29.2 Å². The van der Waals surface area contributed by atoms with Gasteiger partial charge in [-0.05, 0) is 31.9 Å². The number of rotatable bonds is 9. The van der Waals surface area contributed by atoms with E-state index in [2.05, 4.69) is 22.4 Å². The van der Waals surface area contributed by atoms with Crippen molar-refractivity contribution < 1.29 is 13.2 Å². The third-order valence-electron chi connectivity index (χ3n) is 4.75. The van der Waals surface area contributed by atoms with Gasteiger partial charge in [-0.3, -0.25) is 4.79 Å². The van der Waals surface area contributed by atoms with Crippen molar-refractivity contribution in [2.45, 2.75) is 43.5 Å². The maximum Gasteiger partial charge on any atom is 0.233 e. The monoisotopic (exact) mass is 454 g/mol. The molecule has 1 atom stereocenters. The van der Waals surface area contributed by atoms with Crippen LogP contribution in [0.2, 0.25) is 0 Å². The summed E-state index contributed by atoms with van der Waals surface area (Å²) in [7, 11) is -3.02. The number of aromatic nitrogens is 2. The number of amides is 1. The molecule has 1 unspecified atom stereocenters. The van der Waals surface area contributed by atoms with Gasteiger partial charge >= 0.3 is 0 Å². The number of hydrogen-bond donors (Lipinski definition) is 1. The Kier molecular flexibility index (Phi) is 7.53. The molecule has 1 fully saturated rings. The highest BCUT2D eigenvalue weighted by Gasteiger charge is 2.34. The van der Waals surface area contributed by atoms with Gasteiger partial charge in [-0.2, -0.15) is 0 Å². The van der Waals surface area contributed by atoms with Gasteiger partial charge in [-0.1, -0.05) is 54.1 Å². The van der Waals surface area contributed by atoms with Gasteiger partial charge in [0.25, 0.3) is 0 Å². The van der Waals surface area contributed by atoms with Crippen LogP contribution in [0.15, 0.2) is 28.6 Å². The van der Waals surface area contributed by atoms with Crippen LogP contribution in [0.25, 0.3) is 0 Å². The lowest BCUT2D eigenvalue weighted by atomic mass is 10.2. The maximum atomic E-state index is 12.8. The van der Waals surface area contributed by atoms with Crippen LogP contribution in [-0.2, 0) is 14.6 Å². The molecule has 1 N–H and O–H groups in total. The molecule has 1 aliphatic heterocycles. The Morgan fingerprint density at radius 1 is 1.31 bits per heavy atom. The van der Waals surface area contributed by atoms with E-state index in [1.165, 1.54) is 28.7 Å². The van der Waals surface area contributed by atoms with Crippen molar-refractivity contribution in [1.29, 1.82) is 0 Å². The normalized spacial score (nSPS) is 17.9. The molecule has 2 aromatic rings. The quantitative estimate of drug-likeness (QED) is 0.580.